The van der Waals surface area contributed by atoms with E-state index in [1.807, 2.05) is 29.3 Å². The number of amides is 1. The van der Waals surface area contributed by atoms with Crippen LogP contribution in [0.25, 0.3) is 11.3 Å². The van der Waals surface area contributed by atoms with E-state index in [1.165, 1.54) is 11.3 Å². The van der Waals surface area contributed by atoms with Gasteiger partial charge in [-0.05, 0) is 42.8 Å². The van der Waals surface area contributed by atoms with Gasteiger partial charge in [-0.3, -0.25) is 9.89 Å². The quantitative estimate of drug-likeness (QED) is 0.743. The van der Waals surface area contributed by atoms with Gasteiger partial charge >= 0.3 is 0 Å². The Morgan fingerprint density at radius 3 is 2.82 bits per heavy atom. The van der Waals surface area contributed by atoms with Crippen molar-refractivity contribution in [3.8, 4) is 11.3 Å². The fourth-order valence-electron chi connectivity index (χ4n) is 4.30. The number of nitrogens with one attached hydrogen (secondary N) is 1. The average Bonchev–Trinajstić information content (AvgIpc) is 3.43. The third-order valence-corrected chi connectivity index (χ3v) is 6.54. The predicted octanol–water partition coefficient (Wildman–Crippen LogP) is 2.99. The van der Waals surface area contributed by atoms with E-state index in [-0.39, 0.29) is 5.92 Å². The van der Waals surface area contributed by atoms with E-state index >= 15 is 0 Å². The minimum atomic E-state index is 0.0592. The van der Waals surface area contributed by atoms with Gasteiger partial charge in [0.25, 0.3) is 0 Å². The van der Waals surface area contributed by atoms with Crippen molar-refractivity contribution in [1.29, 1.82) is 0 Å². The number of nitrogens with zero attached hydrogens (tertiary/aromatic N) is 4. The molecule has 0 bridgehead atoms. The Bertz CT molecular complexity index is 945. The van der Waals surface area contributed by atoms with Gasteiger partial charge in [-0.25, -0.2) is 4.98 Å². The van der Waals surface area contributed by atoms with Crippen molar-refractivity contribution in [3.63, 3.8) is 0 Å². The first-order valence-corrected chi connectivity index (χ1v) is 10.8. The van der Waals surface area contributed by atoms with Crippen molar-refractivity contribution in [3.05, 3.63) is 52.5 Å². The molecule has 5 rings (SSSR count). The number of fused-ring (bicyclic) bond motifs is 1. The normalized spacial score (nSPS) is 19.5. The van der Waals surface area contributed by atoms with Gasteiger partial charge in [-0.15, -0.1) is 0 Å². The molecule has 1 amide bonds. The van der Waals surface area contributed by atoms with Crippen LogP contribution in [0.1, 0.15) is 17.7 Å². The van der Waals surface area contributed by atoms with Gasteiger partial charge in [0.05, 0.1) is 5.69 Å². The summed E-state index contributed by atoms with van der Waals surface area (Å²) in [6, 6.07) is 8.07. The number of rotatable bonds is 3. The fourth-order valence-corrected chi connectivity index (χ4v) is 4.94. The summed E-state index contributed by atoms with van der Waals surface area (Å²) in [5.41, 5.74) is 4.61. The van der Waals surface area contributed by atoms with Crippen molar-refractivity contribution < 1.29 is 4.79 Å². The van der Waals surface area contributed by atoms with Gasteiger partial charge in [0.1, 0.15) is 5.82 Å². The monoisotopic (exact) mass is 393 g/mol. The Morgan fingerprint density at radius 2 is 2.07 bits per heavy atom. The summed E-state index contributed by atoms with van der Waals surface area (Å²) in [5.74, 6) is 1.35. The molecule has 28 heavy (non-hydrogen) atoms. The van der Waals surface area contributed by atoms with Gasteiger partial charge in [0.15, 0.2) is 0 Å². The maximum atomic E-state index is 13.2. The van der Waals surface area contributed by atoms with Crippen LogP contribution in [0.3, 0.4) is 0 Å². The van der Waals surface area contributed by atoms with E-state index in [0.717, 1.165) is 62.5 Å². The zero-order chi connectivity index (χ0) is 18.9. The van der Waals surface area contributed by atoms with E-state index < -0.39 is 0 Å². The summed E-state index contributed by atoms with van der Waals surface area (Å²) in [4.78, 5) is 21.9. The number of aromatic nitrogens is 3. The second-order valence-electron chi connectivity index (χ2n) is 7.48. The topological polar surface area (TPSA) is 65.1 Å². The summed E-state index contributed by atoms with van der Waals surface area (Å²) in [5, 5.41) is 11.9. The lowest BCUT2D eigenvalue weighted by Crippen LogP contribution is -2.51. The first kappa shape index (κ1) is 17.4. The number of carbonyl (C=O) groups excluding carboxylic acids is 1. The SMILES string of the molecule is O=C([C@H]1CCc2[nH]nc(-c3ccsc3)c2C1)N1CCN(c2ccccn2)CC1. The average molecular weight is 394 g/mol. The molecule has 0 aromatic carbocycles. The summed E-state index contributed by atoms with van der Waals surface area (Å²) in [6.07, 6.45) is 4.41. The number of hydrogen-bond acceptors (Lipinski definition) is 5. The largest absolute Gasteiger partial charge is 0.353 e. The van der Waals surface area contributed by atoms with Crippen molar-refractivity contribution in [2.24, 2.45) is 5.92 Å². The number of anilines is 1. The highest BCUT2D eigenvalue weighted by Gasteiger charge is 2.32. The number of pyridine rings is 1. The van der Waals surface area contributed by atoms with E-state index in [0.29, 0.717) is 5.91 Å². The minimum Gasteiger partial charge on any atom is -0.353 e. The highest BCUT2D eigenvalue weighted by molar-refractivity contribution is 7.08. The molecule has 6 nitrogen and oxygen atoms in total. The Morgan fingerprint density at radius 1 is 1.18 bits per heavy atom. The number of hydrogen-bond donors (Lipinski definition) is 1. The van der Waals surface area contributed by atoms with Crippen molar-refractivity contribution in [1.82, 2.24) is 20.1 Å². The molecule has 4 heterocycles. The van der Waals surface area contributed by atoms with E-state index in [9.17, 15) is 4.79 Å². The molecule has 0 saturated carbocycles. The predicted molar refractivity (Wildman–Crippen MR) is 110 cm³/mol. The molecule has 1 aliphatic carbocycles. The van der Waals surface area contributed by atoms with E-state index in [1.54, 1.807) is 11.3 Å². The molecule has 144 valence electrons. The summed E-state index contributed by atoms with van der Waals surface area (Å²) >= 11 is 1.68. The highest BCUT2D eigenvalue weighted by atomic mass is 32.1. The Kier molecular flexibility index (Phi) is 4.60. The van der Waals surface area contributed by atoms with Crippen LogP contribution in [-0.4, -0.2) is 52.2 Å². The van der Waals surface area contributed by atoms with Gasteiger partial charge in [0, 0.05) is 60.5 Å². The van der Waals surface area contributed by atoms with E-state index in [2.05, 4.69) is 36.9 Å². The Labute approximate surface area is 168 Å². The summed E-state index contributed by atoms with van der Waals surface area (Å²) in [7, 11) is 0. The summed E-state index contributed by atoms with van der Waals surface area (Å²) in [6.45, 7) is 3.21. The van der Waals surface area contributed by atoms with Gasteiger partial charge < -0.3 is 9.80 Å². The lowest BCUT2D eigenvalue weighted by Gasteiger charge is -2.37. The number of aromatic amines is 1. The first-order chi connectivity index (χ1) is 13.8. The second-order valence-corrected chi connectivity index (χ2v) is 8.26. The standard InChI is InChI=1S/C21H23N5OS/c27-21(26-10-8-25(9-11-26)19-3-1-2-7-22-19)15-4-5-18-17(13-15)20(24-23-18)16-6-12-28-14-16/h1-3,6-7,12,14-15H,4-5,8-11,13H2,(H,23,24)/t15-/m0/s1. The van der Waals surface area contributed by atoms with Crippen LogP contribution in [0.4, 0.5) is 5.82 Å². The molecule has 1 atom stereocenters. The van der Waals surface area contributed by atoms with Crippen molar-refractivity contribution in [2.45, 2.75) is 19.3 Å². The molecule has 7 heteroatoms. The molecule has 1 aliphatic heterocycles. The molecule has 1 saturated heterocycles. The maximum absolute atomic E-state index is 13.2. The third kappa shape index (κ3) is 3.20. The zero-order valence-corrected chi connectivity index (χ0v) is 16.5. The number of aryl methyl sites for hydroxylation is 1. The molecular weight excluding hydrogens is 370 g/mol. The molecule has 1 N–H and O–H groups in total. The third-order valence-electron chi connectivity index (χ3n) is 5.85. The molecule has 0 radical (unpaired) electrons. The van der Waals surface area contributed by atoms with Gasteiger partial charge in [-0.1, -0.05) is 6.07 Å². The van der Waals surface area contributed by atoms with Gasteiger partial charge in [-0.2, -0.15) is 16.4 Å². The zero-order valence-electron chi connectivity index (χ0n) is 15.7. The smallest absolute Gasteiger partial charge is 0.226 e. The Hall–Kier alpha value is -2.67. The van der Waals surface area contributed by atoms with Crippen molar-refractivity contribution in [2.75, 3.05) is 31.1 Å². The van der Waals surface area contributed by atoms with Crippen LogP contribution in [0, 0.1) is 5.92 Å². The van der Waals surface area contributed by atoms with Crippen LogP contribution in [0.15, 0.2) is 41.2 Å². The summed E-state index contributed by atoms with van der Waals surface area (Å²) < 4.78 is 0. The van der Waals surface area contributed by atoms with Crippen molar-refractivity contribution >= 4 is 23.1 Å². The Balaban J connectivity index is 1.26. The number of thiophene rings is 1. The van der Waals surface area contributed by atoms with Crippen LogP contribution in [0.2, 0.25) is 0 Å². The molecule has 1 fully saturated rings. The van der Waals surface area contributed by atoms with Crippen LogP contribution in [-0.2, 0) is 17.6 Å². The highest BCUT2D eigenvalue weighted by Crippen LogP contribution is 2.33. The number of piperazine rings is 1. The minimum absolute atomic E-state index is 0.0592. The molecule has 3 aromatic heterocycles. The second kappa shape index (κ2) is 7.39. The lowest BCUT2D eigenvalue weighted by molar-refractivity contribution is -0.136. The molecule has 0 spiro atoms. The van der Waals surface area contributed by atoms with Crippen LogP contribution >= 0.6 is 11.3 Å². The van der Waals surface area contributed by atoms with E-state index in [4.69, 9.17) is 0 Å². The molecule has 3 aromatic rings. The fraction of sp³-hybridized carbons (Fsp3) is 0.381. The van der Waals surface area contributed by atoms with Gasteiger partial charge in [0.2, 0.25) is 5.91 Å². The van der Waals surface area contributed by atoms with Crippen LogP contribution in [0.5, 0.6) is 0 Å². The number of H-pyrrole nitrogens is 1. The molecular formula is C21H23N5OS. The van der Waals surface area contributed by atoms with Crippen LogP contribution < -0.4 is 4.90 Å². The molecule has 0 unspecified atom stereocenters. The number of carbonyl (C=O) groups is 1. The maximum Gasteiger partial charge on any atom is 0.226 e. The molecule has 2 aliphatic rings. The lowest BCUT2D eigenvalue weighted by atomic mass is 9.84. The first-order valence-electron chi connectivity index (χ1n) is 9.83.